The van der Waals surface area contributed by atoms with Crippen LogP contribution in [0.15, 0.2) is 18.2 Å². The normalized spacial score (nSPS) is 14.8. The monoisotopic (exact) mass is 297 g/mol. The van der Waals surface area contributed by atoms with Crippen LogP contribution in [0.4, 0.5) is 8.78 Å². The van der Waals surface area contributed by atoms with Crippen LogP contribution in [0, 0.1) is 0 Å². The third-order valence-corrected chi connectivity index (χ3v) is 3.36. The van der Waals surface area contributed by atoms with Crippen LogP contribution in [-0.4, -0.2) is 24.2 Å². The minimum atomic E-state index is -2.75. The number of hydrogen-bond acceptors (Lipinski definition) is 2. The first-order chi connectivity index (χ1) is 8.45. The van der Waals surface area contributed by atoms with Gasteiger partial charge in [-0.3, -0.25) is 0 Å². The molecule has 2 unspecified atom stereocenters. The van der Waals surface area contributed by atoms with Crippen molar-refractivity contribution in [1.82, 2.24) is 5.32 Å². The summed E-state index contributed by atoms with van der Waals surface area (Å²) in [6, 6.07) is 4.99. The van der Waals surface area contributed by atoms with Crippen LogP contribution in [-0.2, 0) is 0 Å². The molecule has 102 valence electrons. The summed E-state index contributed by atoms with van der Waals surface area (Å²) in [5.74, 6) is 0. The molecule has 0 spiro atoms. The van der Waals surface area contributed by atoms with Crippen LogP contribution in [0.3, 0.4) is 0 Å². The molecular weight excluding hydrogens is 283 g/mol. The predicted octanol–water partition coefficient (Wildman–Crippen LogP) is 3.66. The molecule has 0 aliphatic rings. The molecule has 0 heterocycles. The number of benzene rings is 1. The Morgan fingerprint density at radius 3 is 2.44 bits per heavy atom. The molecule has 0 aromatic heterocycles. The summed E-state index contributed by atoms with van der Waals surface area (Å²) in [4.78, 5) is 0. The van der Waals surface area contributed by atoms with Gasteiger partial charge in [0.1, 0.15) is 6.10 Å². The number of hydrogen-bond donors (Lipinski definition) is 2. The maximum atomic E-state index is 12.2. The topological polar surface area (TPSA) is 32.3 Å². The molecule has 18 heavy (non-hydrogen) atoms. The second-order valence-electron chi connectivity index (χ2n) is 3.94. The van der Waals surface area contributed by atoms with Gasteiger partial charge in [0.15, 0.2) is 0 Å². The van der Waals surface area contributed by atoms with Crippen molar-refractivity contribution in [3.8, 4) is 0 Å². The second-order valence-corrected chi connectivity index (χ2v) is 4.76. The van der Waals surface area contributed by atoms with Gasteiger partial charge in [-0.15, -0.1) is 0 Å². The van der Waals surface area contributed by atoms with E-state index >= 15 is 0 Å². The molecule has 0 bridgehead atoms. The van der Waals surface area contributed by atoms with Gasteiger partial charge in [0.05, 0.1) is 10.0 Å². The van der Waals surface area contributed by atoms with E-state index in [9.17, 15) is 8.78 Å². The smallest absolute Gasteiger partial charge is 0.265 e. The lowest BCUT2D eigenvalue weighted by molar-refractivity contribution is -0.00471. The van der Waals surface area contributed by atoms with Crippen molar-refractivity contribution in [2.24, 2.45) is 0 Å². The van der Waals surface area contributed by atoms with Crippen molar-refractivity contribution < 1.29 is 13.9 Å². The third-order valence-electron chi connectivity index (χ3n) is 2.62. The quantitative estimate of drug-likeness (QED) is 0.840. The molecule has 0 saturated heterocycles. The molecule has 2 atom stereocenters. The molecule has 0 aliphatic carbocycles. The van der Waals surface area contributed by atoms with Crippen molar-refractivity contribution in [1.29, 1.82) is 0 Å². The molecule has 0 fully saturated rings. The molecule has 1 aromatic carbocycles. The molecule has 1 rings (SSSR count). The van der Waals surface area contributed by atoms with E-state index in [1.807, 2.05) is 6.92 Å². The highest BCUT2D eigenvalue weighted by atomic mass is 35.5. The number of aliphatic hydroxyl groups is 1. The van der Waals surface area contributed by atoms with Gasteiger partial charge in [-0.25, -0.2) is 8.78 Å². The van der Waals surface area contributed by atoms with E-state index < -0.39 is 12.5 Å². The molecule has 0 amide bonds. The Balaban J connectivity index is 2.68. The Kier molecular flexibility index (Phi) is 6.29. The lowest BCUT2D eigenvalue weighted by Gasteiger charge is -2.20. The van der Waals surface area contributed by atoms with E-state index in [-0.39, 0.29) is 12.6 Å². The van der Waals surface area contributed by atoms with Gasteiger partial charge in [-0.05, 0) is 24.1 Å². The van der Waals surface area contributed by atoms with Crippen LogP contribution >= 0.6 is 23.2 Å². The highest BCUT2D eigenvalue weighted by Gasteiger charge is 2.18. The van der Waals surface area contributed by atoms with Gasteiger partial charge in [0.25, 0.3) is 6.43 Å². The van der Waals surface area contributed by atoms with E-state index in [0.29, 0.717) is 16.5 Å². The molecule has 2 N–H and O–H groups in total. The first-order valence-corrected chi connectivity index (χ1v) is 6.35. The lowest BCUT2D eigenvalue weighted by atomic mass is 10.0. The van der Waals surface area contributed by atoms with Gasteiger partial charge in [0, 0.05) is 12.6 Å². The zero-order valence-electron chi connectivity index (χ0n) is 9.84. The Morgan fingerprint density at radius 1 is 1.28 bits per heavy atom. The summed E-state index contributed by atoms with van der Waals surface area (Å²) in [6.07, 6.45) is -3.72. The zero-order chi connectivity index (χ0) is 13.7. The summed E-state index contributed by atoms with van der Waals surface area (Å²) in [6.45, 7) is 1.74. The highest BCUT2D eigenvalue weighted by Crippen LogP contribution is 2.26. The Labute approximate surface area is 115 Å². The average molecular weight is 298 g/mol. The molecule has 0 saturated carbocycles. The van der Waals surface area contributed by atoms with E-state index in [1.54, 1.807) is 18.2 Å². The number of alkyl halides is 2. The van der Waals surface area contributed by atoms with Gasteiger partial charge >= 0.3 is 0 Å². The summed E-state index contributed by atoms with van der Waals surface area (Å²) in [5, 5.41) is 12.8. The number of halogens is 4. The molecule has 1 aromatic rings. The van der Waals surface area contributed by atoms with Crippen LogP contribution in [0.5, 0.6) is 0 Å². The summed E-state index contributed by atoms with van der Waals surface area (Å²) in [7, 11) is 0. The molecule has 0 radical (unpaired) electrons. The molecule has 6 heteroatoms. The van der Waals surface area contributed by atoms with Gasteiger partial charge in [0.2, 0.25) is 0 Å². The Morgan fingerprint density at radius 2 is 1.94 bits per heavy atom. The SMILES string of the molecule is CCC(NCC(O)C(F)F)c1ccc(Cl)c(Cl)c1. The van der Waals surface area contributed by atoms with Crippen molar-refractivity contribution in [2.75, 3.05) is 6.54 Å². The first-order valence-electron chi connectivity index (χ1n) is 5.60. The van der Waals surface area contributed by atoms with E-state index in [1.165, 1.54) is 0 Å². The van der Waals surface area contributed by atoms with Crippen molar-refractivity contribution in [3.05, 3.63) is 33.8 Å². The summed E-state index contributed by atoms with van der Waals surface area (Å²) in [5.41, 5.74) is 0.855. The van der Waals surface area contributed by atoms with Crippen molar-refractivity contribution >= 4 is 23.2 Å². The fourth-order valence-corrected chi connectivity index (χ4v) is 1.89. The standard InChI is InChI=1S/C12H15Cl2F2NO/c1-2-10(17-6-11(18)12(15)16)7-3-4-8(13)9(14)5-7/h3-5,10-12,17-18H,2,6H2,1H3. The highest BCUT2D eigenvalue weighted by molar-refractivity contribution is 6.42. The van der Waals surface area contributed by atoms with Gasteiger partial charge < -0.3 is 10.4 Å². The van der Waals surface area contributed by atoms with E-state index in [0.717, 1.165) is 5.56 Å². The summed E-state index contributed by atoms with van der Waals surface area (Å²) >= 11 is 11.7. The first kappa shape index (κ1) is 15.6. The Hall–Kier alpha value is -0.420. The second kappa shape index (κ2) is 7.24. The molecule has 2 nitrogen and oxygen atoms in total. The van der Waals surface area contributed by atoms with E-state index in [4.69, 9.17) is 28.3 Å². The summed E-state index contributed by atoms with van der Waals surface area (Å²) < 4.78 is 24.3. The third kappa shape index (κ3) is 4.35. The predicted molar refractivity (Wildman–Crippen MR) is 69.5 cm³/mol. The lowest BCUT2D eigenvalue weighted by Crippen LogP contribution is -2.34. The maximum Gasteiger partial charge on any atom is 0.265 e. The molecular formula is C12H15Cl2F2NO. The zero-order valence-corrected chi connectivity index (χ0v) is 11.3. The fourth-order valence-electron chi connectivity index (χ4n) is 1.58. The van der Waals surface area contributed by atoms with Crippen LogP contribution in [0.25, 0.3) is 0 Å². The minimum Gasteiger partial charge on any atom is -0.386 e. The van der Waals surface area contributed by atoms with E-state index in [2.05, 4.69) is 5.32 Å². The average Bonchev–Trinajstić information content (AvgIpc) is 2.33. The van der Waals surface area contributed by atoms with Crippen LogP contribution in [0.2, 0.25) is 10.0 Å². The van der Waals surface area contributed by atoms with Crippen molar-refractivity contribution in [2.45, 2.75) is 31.9 Å². The largest absolute Gasteiger partial charge is 0.386 e. The minimum absolute atomic E-state index is 0.145. The number of rotatable bonds is 6. The molecule has 0 aliphatic heterocycles. The Bertz CT molecular complexity index is 390. The van der Waals surface area contributed by atoms with Crippen LogP contribution in [0.1, 0.15) is 24.9 Å². The van der Waals surface area contributed by atoms with Crippen LogP contribution < -0.4 is 5.32 Å². The number of nitrogens with one attached hydrogen (secondary N) is 1. The number of aliphatic hydroxyl groups excluding tert-OH is 1. The van der Waals surface area contributed by atoms with Gasteiger partial charge in [-0.2, -0.15) is 0 Å². The fraction of sp³-hybridized carbons (Fsp3) is 0.500. The van der Waals surface area contributed by atoms with Gasteiger partial charge in [-0.1, -0.05) is 36.2 Å². The van der Waals surface area contributed by atoms with Crippen molar-refractivity contribution in [3.63, 3.8) is 0 Å². The maximum absolute atomic E-state index is 12.2.